The summed E-state index contributed by atoms with van der Waals surface area (Å²) in [6.45, 7) is 5.03. The molecule has 1 aromatic rings. The molecule has 1 heteroatoms. The van der Waals surface area contributed by atoms with Gasteiger partial charge in [0.15, 0.2) is 0 Å². The summed E-state index contributed by atoms with van der Waals surface area (Å²) in [5, 5.41) is 0. The molecule has 0 aromatic heterocycles. The van der Waals surface area contributed by atoms with Crippen molar-refractivity contribution in [2.45, 2.75) is 84.5 Å². The highest BCUT2D eigenvalue weighted by Crippen LogP contribution is 2.42. The van der Waals surface area contributed by atoms with Crippen molar-refractivity contribution in [3.05, 3.63) is 42.0 Å². The average Bonchev–Trinajstić information content (AvgIpc) is 2.77. The van der Waals surface area contributed by atoms with Crippen LogP contribution >= 0.6 is 0 Å². The quantitative estimate of drug-likeness (QED) is 0.430. The second-order valence-electron chi connectivity index (χ2n) is 9.18. The molecule has 0 amide bonds. The van der Waals surface area contributed by atoms with Crippen LogP contribution in [0.5, 0.6) is 5.75 Å². The van der Waals surface area contributed by atoms with Crippen LogP contribution in [0.1, 0.15) is 90.0 Å². The number of benzene rings is 1. The minimum absolute atomic E-state index is 0.705. The van der Waals surface area contributed by atoms with E-state index in [0.29, 0.717) is 6.61 Å². The maximum Gasteiger partial charge on any atom is 0.119 e. The van der Waals surface area contributed by atoms with E-state index in [1.807, 2.05) is 31.2 Å². The molecule has 1 nitrogen and oxygen atoms in total. The zero-order valence-electron chi connectivity index (χ0n) is 18.7. The van der Waals surface area contributed by atoms with Crippen LogP contribution in [0, 0.1) is 35.5 Å². The van der Waals surface area contributed by atoms with Gasteiger partial charge in [0.2, 0.25) is 0 Å². The summed E-state index contributed by atoms with van der Waals surface area (Å²) >= 11 is 0. The number of hydrogen-bond donors (Lipinski definition) is 0. The Morgan fingerprint density at radius 3 is 2.17 bits per heavy atom. The highest BCUT2D eigenvalue weighted by atomic mass is 16.5. The summed E-state index contributed by atoms with van der Waals surface area (Å²) in [6, 6.07) is 8.06. The largest absolute Gasteiger partial charge is 0.494 e. The summed E-state index contributed by atoms with van der Waals surface area (Å²) in [4.78, 5) is 0. The highest BCUT2D eigenvalue weighted by molar-refractivity contribution is 5.40. The molecule has 29 heavy (non-hydrogen) atoms. The van der Waals surface area contributed by atoms with Crippen molar-refractivity contribution in [1.29, 1.82) is 0 Å². The predicted molar refractivity (Wildman–Crippen MR) is 124 cm³/mol. The van der Waals surface area contributed by atoms with Crippen molar-refractivity contribution in [2.24, 2.45) is 23.7 Å². The minimum Gasteiger partial charge on any atom is -0.494 e. The van der Waals surface area contributed by atoms with E-state index in [9.17, 15) is 0 Å². The molecule has 0 spiro atoms. The maximum atomic E-state index is 5.48. The first-order valence-electron chi connectivity index (χ1n) is 12.2. The van der Waals surface area contributed by atoms with Crippen molar-refractivity contribution in [2.75, 3.05) is 6.61 Å². The first-order chi connectivity index (χ1) is 14.3. The lowest BCUT2D eigenvalue weighted by atomic mass is 9.68. The van der Waals surface area contributed by atoms with Gasteiger partial charge in [0.05, 0.1) is 6.61 Å². The summed E-state index contributed by atoms with van der Waals surface area (Å²) in [6.07, 6.45) is 20.4. The second-order valence-corrected chi connectivity index (χ2v) is 9.18. The van der Waals surface area contributed by atoms with Gasteiger partial charge < -0.3 is 4.74 Å². The normalized spacial score (nSPS) is 27.4. The van der Waals surface area contributed by atoms with Crippen LogP contribution in [0.25, 0.3) is 0 Å². The summed E-state index contributed by atoms with van der Waals surface area (Å²) in [5.41, 5.74) is 1.05. The van der Waals surface area contributed by atoms with E-state index >= 15 is 0 Å². The molecule has 2 aliphatic carbocycles. The zero-order chi connectivity index (χ0) is 20.3. The first kappa shape index (κ1) is 22.0. The summed E-state index contributed by atoms with van der Waals surface area (Å²) < 4.78 is 5.48. The Bertz CT molecular complexity index is 659. The van der Waals surface area contributed by atoms with E-state index in [4.69, 9.17) is 4.74 Å². The molecule has 0 N–H and O–H groups in total. The molecule has 0 saturated heterocycles. The van der Waals surface area contributed by atoms with Crippen LogP contribution in [0.2, 0.25) is 0 Å². The fraction of sp³-hybridized carbons (Fsp3) is 0.643. The molecule has 158 valence electrons. The van der Waals surface area contributed by atoms with Gasteiger partial charge in [0, 0.05) is 5.56 Å². The molecule has 0 radical (unpaired) electrons. The van der Waals surface area contributed by atoms with E-state index in [1.54, 1.807) is 0 Å². The molecule has 1 aromatic carbocycles. The third kappa shape index (κ3) is 7.26. The molecule has 3 rings (SSSR count). The minimum atomic E-state index is 0.705. The molecule has 2 aliphatic rings. The molecule has 0 unspecified atom stereocenters. The standard InChI is InChI=1S/C28H40O/c1-3-5-8-23-11-17-26(18-12-23)27-19-13-24(14-20-27)9-6-7-10-25-15-21-28(22-16-25)29-4-2/h6,9,15-16,21-24,26-27H,3-5,8,11-14,17-20H2,1-2H3/b9-6+/t23-,24?,26-,27?. The summed E-state index contributed by atoms with van der Waals surface area (Å²) in [7, 11) is 0. The lowest BCUT2D eigenvalue weighted by Gasteiger charge is -2.37. The van der Waals surface area contributed by atoms with Crippen molar-refractivity contribution in [3.8, 4) is 17.6 Å². The van der Waals surface area contributed by atoms with Gasteiger partial charge >= 0.3 is 0 Å². The molecule has 0 heterocycles. The SMILES string of the molecule is CCCC[C@H]1CC[C@H](C2CCC(/C=C/C#Cc3ccc(OCC)cc3)CC2)CC1. The van der Waals surface area contributed by atoms with Gasteiger partial charge in [0.25, 0.3) is 0 Å². The number of allylic oxidation sites excluding steroid dienone is 2. The van der Waals surface area contributed by atoms with Crippen molar-refractivity contribution < 1.29 is 4.74 Å². The van der Waals surface area contributed by atoms with E-state index in [1.165, 1.54) is 70.6 Å². The average molecular weight is 393 g/mol. The smallest absolute Gasteiger partial charge is 0.119 e. The van der Waals surface area contributed by atoms with Crippen LogP contribution in [-0.2, 0) is 0 Å². The van der Waals surface area contributed by atoms with Gasteiger partial charge in [0.1, 0.15) is 5.75 Å². The first-order valence-corrected chi connectivity index (χ1v) is 12.2. The lowest BCUT2D eigenvalue weighted by Crippen LogP contribution is -2.25. The van der Waals surface area contributed by atoms with Crippen molar-refractivity contribution >= 4 is 0 Å². The van der Waals surface area contributed by atoms with Gasteiger partial charge in [-0.15, -0.1) is 0 Å². The van der Waals surface area contributed by atoms with E-state index in [2.05, 4.69) is 30.9 Å². The summed E-state index contributed by atoms with van der Waals surface area (Å²) in [5.74, 6) is 11.2. The number of hydrogen-bond acceptors (Lipinski definition) is 1. The van der Waals surface area contributed by atoms with Gasteiger partial charge in [-0.3, -0.25) is 0 Å². The molecule has 2 saturated carbocycles. The van der Waals surface area contributed by atoms with Crippen LogP contribution in [0.15, 0.2) is 36.4 Å². The Balaban J connectivity index is 1.37. The predicted octanol–water partition coefficient (Wildman–Crippen LogP) is 7.80. The molecular formula is C28H40O. The molecule has 0 aliphatic heterocycles. The van der Waals surface area contributed by atoms with Crippen LogP contribution in [0.4, 0.5) is 0 Å². The van der Waals surface area contributed by atoms with Crippen molar-refractivity contribution in [1.82, 2.24) is 0 Å². The van der Waals surface area contributed by atoms with E-state index in [-0.39, 0.29) is 0 Å². The number of ether oxygens (including phenoxy) is 1. The molecule has 0 bridgehead atoms. The topological polar surface area (TPSA) is 9.23 Å². The Labute approximate surface area is 179 Å². The van der Waals surface area contributed by atoms with Gasteiger partial charge in [-0.2, -0.15) is 0 Å². The molecular weight excluding hydrogens is 352 g/mol. The molecule has 0 atom stereocenters. The van der Waals surface area contributed by atoms with E-state index < -0.39 is 0 Å². The fourth-order valence-corrected chi connectivity index (χ4v) is 5.36. The third-order valence-corrected chi connectivity index (χ3v) is 7.17. The highest BCUT2D eigenvalue weighted by Gasteiger charge is 2.30. The Morgan fingerprint density at radius 2 is 1.55 bits per heavy atom. The van der Waals surface area contributed by atoms with Gasteiger partial charge in [-0.25, -0.2) is 0 Å². The van der Waals surface area contributed by atoms with Gasteiger partial charge in [-0.05, 0) is 99.5 Å². The van der Waals surface area contributed by atoms with Crippen LogP contribution < -0.4 is 4.74 Å². The van der Waals surface area contributed by atoms with Gasteiger partial charge in [-0.1, -0.05) is 56.9 Å². The van der Waals surface area contributed by atoms with E-state index in [0.717, 1.165) is 35.0 Å². The van der Waals surface area contributed by atoms with Crippen molar-refractivity contribution in [3.63, 3.8) is 0 Å². The fourth-order valence-electron chi connectivity index (χ4n) is 5.36. The lowest BCUT2D eigenvalue weighted by molar-refractivity contribution is 0.152. The van der Waals surface area contributed by atoms with Crippen LogP contribution in [-0.4, -0.2) is 6.61 Å². The Hall–Kier alpha value is -1.68. The van der Waals surface area contributed by atoms with Crippen LogP contribution in [0.3, 0.4) is 0 Å². The third-order valence-electron chi connectivity index (χ3n) is 7.17. The maximum absolute atomic E-state index is 5.48. The number of unbranched alkanes of at least 4 members (excludes halogenated alkanes) is 1. The monoisotopic (exact) mass is 392 g/mol. The second kappa shape index (κ2) is 12.1. The Kier molecular flexibility index (Phi) is 9.20. The zero-order valence-corrected chi connectivity index (χ0v) is 18.7. The Morgan fingerprint density at radius 1 is 0.897 bits per heavy atom. The number of rotatable bonds is 7. The molecule has 2 fully saturated rings.